The first-order valence-electron chi connectivity index (χ1n) is 12.0. The van der Waals surface area contributed by atoms with Crippen molar-refractivity contribution in [2.75, 3.05) is 7.11 Å². The molecule has 2 unspecified atom stereocenters. The van der Waals surface area contributed by atoms with E-state index in [1.165, 1.54) is 16.8 Å². The molecule has 0 bridgehead atoms. The number of methoxy groups -OCH3 is 1. The van der Waals surface area contributed by atoms with Gasteiger partial charge in [0, 0.05) is 0 Å². The zero-order valence-corrected chi connectivity index (χ0v) is 20.0. The van der Waals surface area contributed by atoms with Crippen LogP contribution >= 0.6 is 0 Å². The minimum atomic E-state index is -4.71. The Morgan fingerprint density at radius 1 is 1.00 bits per heavy atom. The maximum atomic E-state index is 12.4. The molecule has 11 heteroatoms. The van der Waals surface area contributed by atoms with Gasteiger partial charge >= 0.3 is 12.3 Å². The summed E-state index contributed by atoms with van der Waals surface area (Å²) >= 11 is 0. The van der Waals surface area contributed by atoms with Gasteiger partial charge in [-0.25, -0.2) is 9.48 Å². The summed E-state index contributed by atoms with van der Waals surface area (Å²) in [7, 11) is 1.58. The van der Waals surface area contributed by atoms with Crippen LogP contribution in [0.25, 0.3) is 0 Å². The number of carboxylic acids is 1. The Hall–Kier alpha value is -3.76. The van der Waals surface area contributed by atoms with E-state index in [4.69, 9.17) is 9.47 Å². The summed E-state index contributed by atoms with van der Waals surface area (Å²) in [6.07, 6.45) is -1.53. The average molecular weight is 518 g/mol. The topological polar surface area (TPSA) is 95.7 Å². The van der Waals surface area contributed by atoms with Gasteiger partial charge in [0.2, 0.25) is 11.6 Å². The summed E-state index contributed by atoms with van der Waals surface area (Å²) in [5.41, 5.74) is 1.67. The number of hydrogen-bond acceptors (Lipinski definition) is 6. The van der Waals surface area contributed by atoms with E-state index in [1.54, 1.807) is 19.2 Å². The summed E-state index contributed by atoms with van der Waals surface area (Å²) in [5.74, 6) is 0.467. The quantitative estimate of drug-likeness (QED) is 0.434. The molecule has 1 aromatic heterocycles. The summed E-state index contributed by atoms with van der Waals surface area (Å²) < 4.78 is 54.1. The molecule has 0 aliphatic heterocycles. The van der Waals surface area contributed by atoms with Gasteiger partial charge in [0.05, 0.1) is 13.7 Å². The monoisotopic (exact) mass is 517 g/mol. The maximum absolute atomic E-state index is 12.4. The van der Waals surface area contributed by atoms with Crippen molar-refractivity contribution in [2.24, 2.45) is 11.8 Å². The van der Waals surface area contributed by atoms with Gasteiger partial charge < -0.3 is 19.3 Å². The fourth-order valence-electron chi connectivity index (χ4n) is 5.59. The minimum Gasteiger partial charge on any atom is -0.497 e. The number of nitrogens with zero attached hydrogens (tertiary/aromatic N) is 3. The van der Waals surface area contributed by atoms with Crippen LogP contribution in [0, 0.1) is 11.8 Å². The van der Waals surface area contributed by atoms with Crippen molar-refractivity contribution >= 4 is 5.97 Å². The Labute approximate surface area is 211 Å². The zero-order chi connectivity index (χ0) is 26.2. The molecule has 2 aliphatic rings. The number of fused-ring (bicyclic) bond motifs is 1. The van der Waals surface area contributed by atoms with E-state index in [9.17, 15) is 23.1 Å². The average Bonchev–Trinajstić information content (AvgIpc) is 3.53. The Morgan fingerprint density at radius 3 is 2.19 bits per heavy atom. The van der Waals surface area contributed by atoms with Crippen LogP contribution in [0.5, 0.6) is 17.4 Å². The summed E-state index contributed by atoms with van der Waals surface area (Å²) in [6.45, 7) is 0.301. The van der Waals surface area contributed by atoms with E-state index in [0.717, 1.165) is 36.8 Å². The maximum Gasteiger partial charge on any atom is 0.573 e. The van der Waals surface area contributed by atoms with Crippen LogP contribution in [0.3, 0.4) is 0 Å². The second-order valence-corrected chi connectivity index (χ2v) is 9.57. The molecule has 1 heterocycles. The third-order valence-electron chi connectivity index (χ3n) is 7.22. The molecule has 2 aromatic carbocycles. The van der Waals surface area contributed by atoms with Crippen LogP contribution in [0.4, 0.5) is 13.2 Å². The Morgan fingerprint density at radius 2 is 1.62 bits per heavy atom. The van der Waals surface area contributed by atoms with E-state index in [0.29, 0.717) is 24.1 Å². The van der Waals surface area contributed by atoms with Crippen LogP contribution in [-0.4, -0.2) is 45.6 Å². The van der Waals surface area contributed by atoms with Gasteiger partial charge in [-0.15, -0.1) is 18.3 Å². The highest BCUT2D eigenvalue weighted by atomic mass is 19.4. The highest BCUT2D eigenvalue weighted by Gasteiger charge is 2.43. The van der Waals surface area contributed by atoms with Crippen LogP contribution in [0.1, 0.15) is 53.2 Å². The van der Waals surface area contributed by atoms with Crippen molar-refractivity contribution in [3.63, 3.8) is 0 Å². The second-order valence-electron chi connectivity index (χ2n) is 9.57. The molecule has 8 nitrogen and oxygen atoms in total. The number of alkyl halides is 3. The van der Waals surface area contributed by atoms with Crippen LogP contribution in [-0.2, 0) is 6.54 Å². The predicted molar refractivity (Wildman–Crippen MR) is 125 cm³/mol. The highest BCUT2D eigenvalue weighted by Crippen LogP contribution is 2.51. The van der Waals surface area contributed by atoms with E-state index in [1.807, 2.05) is 24.3 Å². The van der Waals surface area contributed by atoms with E-state index in [2.05, 4.69) is 15.0 Å². The molecule has 37 heavy (non-hydrogen) atoms. The van der Waals surface area contributed by atoms with Gasteiger partial charge in [0.1, 0.15) is 17.6 Å². The molecule has 3 aromatic rings. The molecule has 2 saturated carbocycles. The molecule has 196 valence electrons. The number of ether oxygens (including phenoxy) is 3. The number of aromatic nitrogens is 3. The van der Waals surface area contributed by atoms with Crippen molar-refractivity contribution in [3.05, 3.63) is 65.4 Å². The molecule has 5 rings (SSSR count). The smallest absolute Gasteiger partial charge is 0.497 e. The van der Waals surface area contributed by atoms with Crippen LogP contribution in [0.15, 0.2) is 48.5 Å². The van der Waals surface area contributed by atoms with E-state index in [-0.39, 0.29) is 29.3 Å². The van der Waals surface area contributed by atoms with Crippen LogP contribution < -0.4 is 14.2 Å². The van der Waals surface area contributed by atoms with E-state index < -0.39 is 12.3 Å². The van der Waals surface area contributed by atoms with Gasteiger partial charge in [-0.2, -0.15) is 0 Å². The predicted octanol–water partition coefficient (Wildman–Crippen LogP) is 5.28. The molecule has 1 N–H and O–H groups in total. The van der Waals surface area contributed by atoms with Gasteiger partial charge in [0.15, 0.2) is 0 Å². The zero-order valence-electron chi connectivity index (χ0n) is 20.0. The number of aromatic carboxylic acids is 1. The third-order valence-corrected chi connectivity index (χ3v) is 7.22. The lowest BCUT2D eigenvalue weighted by Crippen LogP contribution is -2.18. The molecule has 0 amide bonds. The Kier molecular flexibility index (Phi) is 6.70. The normalized spacial score (nSPS) is 23.0. The SMILES string of the molecule is COc1ccc(Cn2nnc(C(=O)O)c2OC2C[C@@H]3CC(c4ccc(OC(F)(F)F)cc4)C[C@@H]3C2)cc1. The molecule has 2 fully saturated rings. The third kappa shape index (κ3) is 5.65. The van der Waals surface area contributed by atoms with E-state index >= 15 is 0 Å². The Bertz CT molecular complexity index is 1230. The van der Waals surface area contributed by atoms with Crippen molar-refractivity contribution in [1.29, 1.82) is 0 Å². The van der Waals surface area contributed by atoms with Gasteiger partial charge in [0.25, 0.3) is 0 Å². The Balaban J connectivity index is 1.22. The number of benzene rings is 2. The molecule has 0 saturated heterocycles. The van der Waals surface area contributed by atoms with Gasteiger partial charge in [-0.3, -0.25) is 0 Å². The standard InChI is InChI=1S/C26H26F3N3O5/c1-35-20-6-2-15(3-7-20)14-32-24(23(25(33)34)30-31-32)36-22-12-18-10-17(11-19(18)13-22)16-4-8-21(9-5-16)37-26(27,28)29/h2-9,17-19,22H,10-14H2,1H3,(H,33,34)/t17?,18-,19+,22?. The van der Waals surface area contributed by atoms with Gasteiger partial charge in [-0.05, 0) is 78.8 Å². The molecule has 0 radical (unpaired) electrons. The summed E-state index contributed by atoms with van der Waals surface area (Å²) in [5, 5.41) is 17.5. The number of hydrogen-bond donors (Lipinski definition) is 1. The summed E-state index contributed by atoms with van der Waals surface area (Å²) in [4.78, 5) is 11.8. The number of carbonyl (C=O) groups is 1. The molecular weight excluding hydrogens is 491 g/mol. The van der Waals surface area contributed by atoms with Gasteiger partial charge in [-0.1, -0.05) is 29.5 Å². The van der Waals surface area contributed by atoms with Crippen molar-refractivity contribution in [1.82, 2.24) is 15.0 Å². The summed E-state index contributed by atoms with van der Waals surface area (Å²) in [6, 6.07) is 13.5. The lowest BCUT2D eigenvalue weighted by molar-refractivity contribution is -0.274. The number of halogens is 3. The lowest BCUT2D eigenvalue weighted by Gasteiger charge is -2.18. The number of rotatable bonds is 8. The molecular formula is C26H26F3N3O5. The minimum absolute atomic E-state index is 0.144. The molecule has 4 atom stereocenters. The van der Waals surface area contributed by atoms with Crippen molar-refractivity contribution in [3.8, 4) is 17.4 Å². The lowest BCUT2D eigenvalue weighted by atomic mass is 9.94. The fraction of sp³-hybridized carbons (Fsp3) is 0.423. The largest absolute Gasteiger partial charge is 0.573 e. The first-order chi connectivity index (χ1) is 17.7. The number of carboxylic acid groups (broad SMARTS) is 1. The second kappa shape index (κ2) is 9.95. The fourth-order valence-corrected chi connectivity index (χ4v) is 5.59. The molecule has 0 spiro atoms. The van der Waals surface area contributed by atoms with Crippen LogP contribution in [0.2, 0.25) is 0 Å². The molecule has 2 aliphatic carbocycles. The highest BCUT2D eigenvalue weighted by molar-refractivity contribution is 5.87. The first kappa shape index (κ1) is 24.9. The van der Waals surface area contributed by atoms with Crippen molar-refractivity contribution in [2.45, 2.75) is 50.6 Å². The van der Waals surface area contributed by atoms with Crippen molar-refractivity contribution < 1.29 is 37.3 Å². The first-order valence-corrected chi connectivity index (χ1v) is 12.0.